The van der Waals surface area contributed by atoms with Crippen LogP contribution in [0.3, 0.4) is 0 Å². The molecular weight excluding hydrogens is 619 g/mol. The van der Waals surface area contributed by atoms with Crippen LogP contribution in [0.4, 0.5) is 0 Å². The molecule has 1 aliphatic carbocycles. The number of fused-ring (bicyclic) bond motifs is 3. The third-order valence-corrected chi connectivity index (χ3v) is 15.4. The normalized spacial score (nSPS) is 14.0. The van der Waals surface area contributed by atoms with Crippen molar-refractivity contribution in [2.45, 2.75) is 12.8 Å². The summed E-state index contributed by atoms with van der Waals surface area (Å²) < 4.78 is 2.45. The third kappa shape index (κ3) is 5.08. The zero-order chi connectivity index (χ0) is 33.3. The van der Waals surface area contributed by atoms with Crippen LogP contribution >= 0.6 is 0 Å². The minimum absolute atomic E-state index is 1.06. The lowest BCUT2D eigenvalue weighted by molar-refractivity contribution is 1.01. The molecule has 0 bridgehead atoms. The summed E-state index contributed by atoms with van der Waals surface area (Å²) in [4.78, 5) is 0. The molecule has 1 aromatic heterocycles. The van der Waals surface area contributed by atoms with E-state index >= 15 is 0 Å². The fourth-order valence-electron chi connectivity index (χ4n) is 8.14. The molecule has 0 aliphatic heterocycles. The van der Waals surface area contributed by atoms with Crippen LogP contribution in [0.25, 0.3) is 49.7 Å². The Morgan fingerprint density at radius 3 is 1.72 bits per heavy atom. The van der Waals surface area contributed by atoms with Crippen LogP contribution in [-0.2, 0) is 0 Å². The van der Waals surface area contributed by atoms with Gasteiger partial charge in [0.15, 0.2) is 8.07 Å². The second-order valence-electron chi connectivity index (χ2n) is 13.2. The van der Waals surface area contributed by atoms with Gasteiger partial charge in [-0.15, -0.1) is 0 Å². The average Bonchev–Trinajstić information content (AvgIpc) is 3.54. The maximum absolute atomic E-state index is 2.67. The Hall–Kier alpha value is -5.96. The van der Waals surface area contributed by atoms with E-state index in [1.165, 1.54) is 65.3 Å². The topological polar surface area (TPSA) is 4.93 Å². The number of aromatic nitrogens is 1. The van der Waals surface area contributed by atoms with Crippen molar-refractivity contribution >= 4 is 45.4 Å². The first-order valence-corrected chi connectivity index (χ1v) is 19.6. The van der Waals surface area contributed by atoms with E-state index in [0.29, 0.717) is 0 Å². The Morgan fingerprint density at radius 1 is 0.420 bits per heavy atom. The predicted molar refractivity (Wildman–Crippen MR) is 216 cm³/mol. The molecule has 0 saturated carbocycles. The van der Waals surface area contributed by atoms with Gasteiger partial charge in [0.25, 0.3) is 0 Å². The van der Waals surface area contributed by atoms with Crippen LogP contribution in [-0.4, -0.2) is 12.6 Å². The molecule has 0 spiro atoms. The van der Waals surface area contributed by atoms with Gasteiger partial charge < -0.3 is 4.57 Å². The van der Waals surface area contributed by atoms with Crippen LogP contribution in [0.2, 0.25) is 0 Å². The number of benzene rings is 7. The van der Waals surface area contributed by atoms with Gasteiger partial charge >= 0.3 is 0 Å². The van der Waals surface area contributed by atoms with Gasteiger partial charge in [0, 0.05) is 16.5 Å². The molecule has 1 heterocycles. The van der Waals surface area contributed by atoms with Gasteiger partial charge in [0.05, 0.1) is 11.0 Å². The predicted octanol–water partition coefficient (Wildman–Crippen LogP) is 10.4. The zero-order valence-corrected chi connectivity index (χ0v) is 28.9. The minimum atomic E-state index is -2.67. The van der Waals surface area contributed by atoms with Crippen LogP contribution in [0.1, 0.15) is 12.8 Å². The van der Waals surface area contributed by atoms with Gasteiger partial charge in [0.1, 0.15) is 0 Å². The molecule has 7 aromatic carbocycles. The van der Waals surface area contributed by atoms with Crippen molar-refractivity contribution in [2.24, 2.45) is 0 Å². The number of rotatable bonds is 7. The lowest BCUT2D eigenvalue weighted by atomic mass is 10.1. The lowest BCUT2D eigenvalue weighted by Crippen LogP contribution is -2.68. The van der Waals surface area contributed by atoms with E-state index in [0.717, 1.165) is 12.8 Å². The second-order valence-corrected chi connectivity index (χ2v) is 17.1. The number of hydrogen-bond acceptors (Lipinski definition) is 0. The van der Waals surface area contributed by atoms with Gasteiger partial charge in [-0.2, -0.15) is 0 Å². The summed E-state index contributed by atoms with van der Waals surface area (Å²) in [5, 5.41) is 8.39. The van der Waals surface area contributed by atoms with E-state index in [1.54, 1.807) is 5.20 Å². The fourth-order valence-corrected chi connectivity index (χ4v) is 13.2. The average molecular weight is 656 g/mol. The zero-order valence-electron chi connectivity index (χ0n) is 27.9. The first-order chi connectivity index (χ1) is 24.8. The minimum Gasteiger partial charge on any atom is -0.309 e. The monoisotopic (exact) mass is 655 g/mol. The van der Waals surface area contributed by atoms with Gasteiger partial charge in [-0.05, 0) is 74.9 Å². The number of hydrogen-bond donors (Lipinski definition) is 0. The summed E-state index contributed by atoms with van der Waals surface area (Å²) in [6.07, 6.45) is 9.15. The van der Waals surface area contributed by atoms with E-state index in [2.05, 4.69) is 205 Å². The van der Waals surface area contributed by atoms with E-state index in [1.807, 2.05) is 0 Å². The molecular formula is C48H37NSi. The molecule has 1 unspecified atom stereocenters. The maximum atomic E-state index is 2.54. The van der Waals surface area contributed by atoms with Gasteiger partial charge in [-0.3, -0.25) is 0 Å². The molecule has 0 amide bonds. The highest BCUT2D eigenvalue weighted by Gasteiger charge is 2.43. The van der Waals surface area contributed by atoms with Gasteiger partial charge in [0.2, 0.25) is 0 Å². The van der Waals surface area contributed by atoms with E-state index in [-0.39, 0.29) is 0 Å². The molecule has 0 radical (unpaired) electrons. The fraction of sp³-hybridized carbons (Fsp3) is 0.0417. The van der Waals surface area contributed by atoms with Crippen molar-refractivity contribution < 1.29 is 0 Å². The number of nitrogens with zero attached hydrogens (tertiary/aromatic N) is 1. The van der Waals surface area contributed by atoms with E-state index in [9.17, 15) is 0 Å². The third-order valence-electron chi connectivity index (χ3n) is 10.4. The van der Waals surface area contributed by atoms with Crippen molar-refractivity contribution in [1.29, 1.82) is 0 Å². The van der Waals surface area contributed by atoms with Crippen molar-refractivity contribution in [2.75, 3.05) is 0 Å². The highest BCUT2D eigenvalue weighted by molar-refractivity contribution is 7.16. The highest BCUT2D eigenvalue weighted by atomic mass is 28.3. The molecule has 50 heavy (non-hydrogen) atoms. The molecule has 1 atom stereocenters. The Morgan fingerprint density at radius 2 is 1.00 bits per heavy atom. The molecule has 2 heteroatoms. The van der Waals surface area contributed by atoms with Crippen LogP contribution < -0.4 is 15.6 Å². The summed E-state index contributed by atoms with van der Waals surface area (Å²) in [6, 6.07) is 67.5. The largest absolute Gasteiger partial charge is 0.309 e. The molecule has 0 fully saturated rings. The van der Waals surface area contributed by atoms with Crippen molar-refractivity contribution in [3.63, 3.8) is 0 Å². The SMILES string of the molecule is C1=CCCC([Si](c2ccccc2)(c2ccc(-c3ccccc3)cc2)c2ccc3c(c2)c2ccccc2n3-c2cccc(-c3ccccc3)c2)=C1. The number of para-hydroxylation sites is 1. The molecule has 8 aromatic rings. The summed E-state index contributed by atoms with van der Waals surface area (Å²) in [5.41, 5.74) is 8.57. The highest BCUT2D eigenvalue weighted by Crippen LogP contribution is 2.34. The first-order valence-electron chi connectivity index (χ1n) is 17.6. The van der Waals surface area contributed by atoms with Gasteiger partial charge in [-0.25, -0.2) is 0 Å². The molecule has 9 rings (SSSR count). The van der Waals surface area contributed by atoms with Crippen molar-refractivity contribution in [3.8, 4) is 27.9 Å². The standard InChI is InChI=1S/C48H37NSi/c1-5-16-36(17-6-1)38-28-30-43(31-29-38)50(41-22-9-3-10-23-41,42-24-11-4-12-25-42)44-32-33-48-46(35-44)45-26-13-14-27-47(45)49(48)40-21-15-20-39(34-40)37-18-7-2-8-19-37/h1-11,13-24,26-35H,12,25H2. The summed E-state index contributed by atoms with van der Waals surface area (Å²) in [5.74, 6) is 0. The Kier molecular flexibility index (Phi) is 7.72. The first kappa shape index (κ1) is 30.1. The Labute approximate surface area is 295 Å². The smallest absolute Gasteiger partial charge is 0.175 e. The van der Waals surface area contributed by atoms with Crippen molar-refractivity contribution in [1.82, 2.24) is 4.57 Å². The summed E-state index contributed by atoms with van der Waals surface area (Å²) in [6.45, 7) is 0. The van der Waals surface area contributed by atoms with E-state index in [4.69, 9.17) is 0 Å². The van der Waals surface area contributed by atoms with Gasteiger partial charge in [-0.1, -0.05) is 181 Å². The molecule has 238 valence electrons. The van der Waals surface area contributed by atoms with Crippen LogP contribution in [0.15, 0.2) is 205 Å². The maximum Gasteiger partial charge on any atom is 0.175 e. The Balaban J connectivity index is 1.30. The lowest BCUT2D eigenvalue weighted by Gasteiger charge is -2.37. The van der Waals surface area contributed by atoms with Crippen LogP contribution in [0, 0.1) is 0 Å². The molecule has 0 saturated heterocycles. The molecule has 1 aliphatic rings. The number of allylic oxidation sites excluding steroid dienone is 4. The van der Waals surface area contributed by atoms with E-state index < -0.39 is 8.07 Å². The molecule has 0 N–H and O–H groups in total. The second kappa shape index (κ2) is 12.8. The Bertz CT molecular complexity index is 2510. The quantitative estimate of drug-likeness (QED) is 0.119. The summed E-state index contributed by atoms with van der Waals surface area (Å²) in [7, 11) is -2.67. The summed E-state index contributed by atoms with van der Waals surface area (Å²) >= 11 is 0. The molecule has 1 nitrogen and oxygen atoms in total. The van der Waals surface area contributed by atoms with Crippen LogP contribution in [0.5, 0.6) is 0 Å². The van der Waals surface area contributed by atoms with Crippen molar-refractivity contribution in [3.05, 3.63) is 205 Å².